The van der Waals surface area contributed by atoms with Gasteiger partial charge in [0.05, 0.1) is 16.8 Å². The maximum absolute atomic E-state index is 6.43. The van der Waals surface area contributed by atoms with E-state index in [2.05, 4.69) is 187 Å². The molecule has 0 N–H and O–H groups in total. The lowest BCUT2D eigenvalue weighted by Crippen LogP contribution is -2.12. The van der Waals surface area contributed by atoms with E-state index >= 15 is 0 Å². The average molecular weight is 670 g/mol. The van der Waals surface area contributed by atoms with Gasteiger partial charge in [-0.1, -0.05) is 140 Å². The molecule has 0 spiro atoms. The molecule has 0 aliphatic rings. The Morgan fingerprint density at radius 3 is 1.80 bits per heavy atom. The molecule has 0 atom stereocenters. The van der Waals surface area contributed by atoms with E-state index in [1.54, 1.807) is 0 Å². The largest absolute Gasteiger partial charge is 0.456 e. The smallest absolute Gasteiger partial charge is 0.137 e. The van der Waals surface area contributed by atoms with Gasteiger partial charge in [0.2, 0.25) is 0 Å². The van der Waals surface area contributed by atoms with Crippen LogP contribution in [-0.2, 0) is 0 Å². The van der Waals surface area contributed by atoms with Crippen molar-refractivity contribution in [1.82, 2.24) is 0 Å². The Bertz CT molecular complexity index is 2850. The molecule has 0 fully saturated rings. The summed E-state index contributed by atoms with van der Waals surface area (Å²) in [6.07, 6.45) is 0. The molecule has 0 saturated heterocycles. The Kier molecular flexibility index (Phi) is 7.04. The summed E-state index contributed by atoms with van der Waals surface area (Å²) in [7, 11) is 0. The number of rotatable bonds is 6. The van der Waals surface area contributed by atoms with Crippen LogP contribution in [0, 0.1) is 0 Å². The normalized spacial score (nSPS) is 11.5. The molecule has 0 bridgehead atoms. The van der Waals surface area contributed by atoms with Crippen LogP contribution >= 0.6 is 11.3 Å². The quantitative estimate of drug-likeness (QED) is 0.175. The van der Waals surface area contributed by atoms with Crippen LogP contribution < -0.4 is 4.90 Å². The highest BCUT2D eigenvalue weighted by molar-refractivity contribution is 7.25. The molecule has 8 aromatic carbocycles. The summed E-state index contributed by atoms with van der Waals surface area (Å²) in [6, 6.07) is 67.5. The van der Waals surface area contributed by atoms with E-state index in [9.17, 15) is 0 Å². The summed E-state index contributed by atoms with van der Waals surface area (Å²) in [5, 5.41) is 4.83. The fourth-order valence-electron chi connectivity index (χ4n) is 7.45. The molecule has 2 aromatic heterocycles. The zero-order chi connectivity index (χ0) is 33.7. The first-order valence-corrected chi connectivity index (χ1v) is 18.1. The van der Waals surface area contributed by atoms with Gasteiger partial charge < -0.3 is 9.32 Å². The van der Waals surface area contributed by atoms with Gasteiger partial charge in [-0.25, -0.2) is 0 Å². The summed E-state index contributed by atoms with van der Waals surface area (Å²) >= 11 is 1.86. The molecule has 240 valence electrons. The average Bonchev–Trinajstić information content (AvgIpc) is 3.77. The summed E-state index contributed by atoms with van der Waals surface area (Å²) in [5.74, 6) is 0. The highest BCUT2D eigenvalue weighted by Gasteiger charge is 2.23. The number of para-hydroxylation sites is 1. The van der Waals surface area contributed by atoms with Gasteiger partial charge in [-0.2, -0.15) is 0 Å². The summed E-state index contributed by atoms with van der Waals surface area (Å²) in [5.41, 5.74) is 12.0. The fraction of sp³-hybridized carbons (Fsp3) is 0. The molecule has 0 saturated carbocycles. The molecule has 0 radical (unpaired) electrons. The van der Waals surface area contributed by atoms with E-state index in [-0.39, 0.29) is 0 Å². The summed E-state index contributed by atoms with van der Waals surface area (Å²) in [4.78, 5) is 2.41. The Labute approximate surface area is 300 Å². The molecule has 2 heterocycles. The number of fused-ring (bicyclic) bond motifs is 6. The second kappa shape index (κ2) is 12.2. The van der Waals surface area contributed by atoms with Crippen LogP contribution in [0.5, 0.6) is 0 Å². The SMILES string of the molecule is c1ccc(-c2ccc(-c3ccccc3)c(N(c3ccc(-c4ccc5c(c4)sc4ccccc45)cc3)c3cccc4oc5ccccc5c34)c2)cc1. The predicted molar refractivity (Wildman–Crippen MR) is 218 cm³/mol. The van der Waals surface area contributed by atoms with E-state index in [0.29, 0.717) is 0 Å². The highest BCUT2D eigenvalue weighted by atomic mass is 32.1. The third-order valence-electron chi connectivity index (χ3n) is 9.89. The van der Waals surface area contributed by atoms with Crippen molar-refractivity contribution < 1.29 is 4.42 Å². The molecule has 0 unspecified atom stereocenters. The molecule has 0 aliphatic carbocycles. The lowest BCUT2D eigenvalue weighted by molar-refractivity contribution is 0.669. The van der Waals surface area contributed by atoms with Gasteiger partial charge in [-0.05, 0) is 76.3 Å². The Morgan fingerprint density at radius 2 is 0.980 bits per heavy atom. The number of anilines is 3. The van der Waals surface area contributed by atoms with Crippen molar-refractivity contribution >= 4 is 70.5 Å². The van der Waals surface area contributed by atoms with Crippen molar-refractivity contribution in [1.29, 1.82) is 0 Å². The first-order valence-electron chi connectivity index (χ1n) is 17.3. The zero-order valence-electron chi connectivity index (χ0n) is 27.7. The highest BCUT2D eigenvalue weighted by Crippen LogP contribution is 2.47. The fourth-order valence-corrected chi connectivity index (χ4v) is 8.59. The van der Waals surface area contributed by atoms with E-state index in [4.69, 9.17) is 4.42 Å². The van der Waals surface area contributed by atoms with Crippen molar-refractivity contribution in [2.45, 2.75) is 0 Å². The van der Waals surface area contributed by atoms with Crippen LogP contribution in [0.4, 0.5) is 17.1 Å². The minimum atomic E-state index is 0.868. The Morgan fingerprint density at radius 1 is 0.373 bits per heavy atom. The first kappa shape index (κ1) is 29.5. The van der Waals surface area contributed by atoms with Crippen LogP contribution in [0.1, 0.15) is 0 Å². The predicted octanol–water partition coefficient (Wildman–Crippen LogP) is 14.4. The standard InChI is InChI=1S/C48H31NOS/c1-3-12-32(13-4-1)35-24-28-38(34-14-5-2-6-15-34)43(30-35)49(42-18-11-20-45-48(42)41-17-7-9-19-44(41)50-45)37-26-22-33(23-27-37)36-25-29-40-39-16-8-10-21-46(39)51-47(40)31-36/h1-31H. The van der Waals surface area contributed by atoms with Crippen LogP contribution in [0.2, 0.25) is 0 Å². The molecule has 0 aliphatic heterocycles. The number of hydrogen-bond donors (Lipinski definition) is 0. The van der Waals surface area contributed by atoms with Gasteiger partial charge in [0.1, 0.15) is 11.2 Å². The maximum Gasteiger partial charge on any atom is 0.137 e. The number of thiophene rings is 1. The van der Waals surface area contributed by atoms with Crippen molar-refractivity contribution in [3.8, 4) is 33.4 Å². The van der Waals surface area contributed by atoms with Gasteiger partial charge in [0.15, 0.2) is 0 Å². The lowest BCUT2D eigenvalue weighted by Gasteiger charge is -2.29. The molecule has 3 heteroatoms. The maximum atomic E-state index is 6.43. The van der Waals surface area contributed by atoms with Crippen molar-refractivity contribution in [3.63, 3.8) is 0 Å². The Hall–Kier alpha value is -6.42. The molecule has 2 nitrogen and oxygen atoms in total. The number of furan rings is 1. The van der Waals surface area contributed by atoms with Crippen molar-refractivity contribution in [3.05, 3.63) is 188 Å². The first-order chi connectivity index (χ1) is 25.3. The second-order valence-electron chi connectivity index (χ2n) is 12.9. The molecular formula is C48H31NOS. The van der Waals surface area contributed by atoms with Crippen molar-refractivity contribution in [2.75, 3.05) is 4.90 Å². The minimum absolute atomic E-state index is 0.868. The van der Waals surface area contributed by atoms with E-state index in [0.717, 1.165) is 55.7 Å². The third kappa shape index (κ3) is 5.10. The molecule has 10 aromatic rings. The van der Waals surface area contributed by atoms with Crippen LogP contribution in [0.3, 0.4) is 0 Å². The van der Waals surface area contributed by atoms with Crippen molar-refractivity contribution in [2.24, 2.45) is 0 Å². The van der Waals surface area contributed by atoms with Gasteiger partial charge in [0.25, 0.3) is 0 Å². The van der Waals surface area contributed by atoms with E-state index < -0.39 is 0 Å². The number of benzene rings is 8. The third-order valence-corrected chi connectivity index (χ3v) is 11.0. The van der Waals surface area contributed by atoms with Crippen LogP contribution in [-0.4, -0.2) is 0 Å². The number of hydrogen-bond acceptors (Lipinski definition) is 3. The minimum Gasteiger partial charge on any atom is -0.456 e. The number of nitrogens with zero attached hydrogens (tertiary/aromatic N) is 1. The molecular weight excluding hydrogens is 639 g/mol. The summed E-state index contributed by atoms with van der Waals surface area (Å²) in [6.45, 7) is 0. The lowest BCUT2D eigenvalue weighted by atomic mass is 9.96. The monoisotopic (exact) mass is 669 g/mol. The zero-order valence-corrected chi connectivity index (χ0v) is 28.5. The second-order valence-corrected chi connectivity index (χ2v) is 14.0. The topological polar surface area (TPSA) is 16.4 Å². The molecule has 0 amide bonds. The summed E-state index contributed by atoms with van der Waals surface area (Å²) < 4.78 is 9.06. The van der Waals surface area contributed by atoms with Gasteiger partial charge in [0, 0.05) is 36.8 Å². The van der Waals surface area contributed by atoms with Crippen LogP contribution in [0.25, 0.3) is 75.5 Å². The van der Waals surface area contributed by atoms with Crippen LogP contribution in [0.15, 0.2) is 192 Å². The van der Waals surface area contributed by atoms with E-state index in [1.807, 2.05) is 17.4 Å². The Balaban J connectivity index is 1.19. The molecule has 10 rings (SSSR count). The van der Waals surface area contributed by atoms with Gasteiger partial charge in [-0.3, -0.25) is 0 Å². The van der Waals surface area contributed by atoms with E-state index in [1.165, 1.54) is 36.9 Å². The molecule has 51 heavy (non-hydrogen) atoms. The van der Waals surface area contributed by atoms with Gasteiger partial charge >= 0.3 is 0 Å². The van der Waals surface area contributed by atoms with Gasteiger partial charge in [-0.15, -0.1) is 11.3 Å².